The van der Waals surface area contributed by atoms with Crippen molar-refractivity contribution in [2.75, 3.05) is 38.5 Å². The van der Waals surface area contributed by atoms with Crippen LogP contribution >= 0.6 is 0 Å². The number of likely N-dealkylation sites (N-methyl/N-ethyl adjacent to an activating group) is 1. The summed E-state index contributed by atoms with van der Waals surface area (Å²) >= 11 is 0. The highest BCUT2D eigenvalue weighted by atomic mass is 32.2. The maximum Gasteiger partial charge on any atom is 0.243 e. The number of anilines is 1. The molecule has 22 heavy (non-hydrogen) atoms. The number of amides is 1. The number of aryl methyl sites for hydroxylation is 2. The number of hydrogen-bond donors (Lipinski definition) is 1. The van der Waals surface area contributed by atoms with Gasteiger partial charge in [0.15, 0.2) is 0 Å². The molecule has 0 radical (unpaired) electrons. The molecule has 1 amide bonds. The second-order valence-corrected chi connectivity index (χ2v) is 7.76. The zero-order chi connectivity index (χ0) is 16.5. The quantitative estimate of drug-likeness (QED) is 0.906. The topological polar surface area (TPSA) is 69.7 Å². The first-order valence-electron chi connectivity index (χ1n) is 7.29. The average molecular weight is 325 g/mol. The van der Waals surface area contributed by atoms with Gasteiger partial charge in [-0.15, -0.1) is 0 Å². The van der Waals surface area contributed by atoms with Gasteiger partial charge < -0.3 is 10.2 Å². The van der Waals surface area contributed by atoms with Crippen molar-refractivity contribution in [3.05, 3.63) is 23.3 Å². The fourth-order valence-electron chi connectivity index (χ4n) is 2.62. The zero-order valence-corrected chi connectivity index (χ0v) is 14.3. The van der Waals surface area contributed by atoms with E-state index >= 15 is 0 Å². The van der Waals surface area contributed by atoms with Gasteiger partial charge in [0.2, 0.25) is 15.9 Å². The number of hydrogen-bond acceptors (Lipinski definition) is 4. The van der Waals surface area contributed by atoms with Gasteiger partial charge in [0.1, 0.15) is 0 Å². The minimum absolute atomic E-state index is 0.166. The van der Waals surface area contributed by atoms with E-state index in [1.54, 1.807) is 26.0 Å². The first-order chi connectivity index (χ1) is 10.2. The minimum Gasteiger partial charge on any atom is -0.326 e. The van der Waals surface area contributed by atoms with Gasteiger partial charge in [-0.2, -0.15) is 4.31 Å². The number of carbonyl (C=O) groups excluding carboxylic acids is 1. The summed E-state index contributed by atoms with van der Waals surface area (Å²) in [5, 5.41) is 2.75. The number of nitrogens with one attached hydrogen (secondary N) is 1. The van der Waals surface area contributed by atoms with Crippen LogP contribution in [0.2, 0.25) is 0 Å². The van der Waals surface area contributed by atoms with E-state index in [-0.39, 0.29) is 5.91 Å². The van der Waals surface area contributed by atoms with Crippen molar-refractivity contribution in [1.82, 2.24) is 9.21 Å². The van der Waals surface area contributed by atoms with Crippen LogP contribution in [-0.2, 0) is 14.8 Å². The molecule has 1 aliphatic rings. The summed E-state index contributed by atoms with van der Waals surface area (Å²) in [5.41, 5.74) is 2.19. The smallest absolute Gasteiger partial charge is 0.243 e. The van der Waals surface area contributed by atoms with Crippen LogP contribution in [0.3, 0.4) is 0 Å². The third-order valence-electron chi connectivity index (χ3n) is 3.91. The largest absolute Gasteiger partial charge is 0.326 e. The number of piperazine rings is 1. The Bertz CT molecular complexity index is 654. The van der Waals surface area contributed by atoms with Gasteiger partial charge in [0.05, 0.1) is 4.90 Å². The van der Waals surface area contributed by atoms with Crippen molar-refractivity contribution < 1.29 is 13.2 Å². The molecule has 0 saturated carbocycles. The van der Waals surface area contributed by atoms with E-state index in [1.807, 2.05) is 7.05 Å². The number of sulfonamides is 1. The Kier molecular flexibility index (Phi) is 4.89. The molecule has 0 atom stereocenters. The fourth-order valence-corrected chi connectivity index (χ4v) is 4.22. The van der Waals surface area contributed by atoms with Gasteiger partial charge >= 0.3 is 0 Å². The van der Waals surface area contributed by atoms with Gasteiger partial charge in [0, 0.05) is 38.8 Å². The summed E-state index contributed by atoms with van der Waals surface area (Å²) in [5.74, 6) is -0.166. The highest BCUT2D eigenvalue weighted by molar-refractivity contribution is 7.89. The molecule has 6 nitrogen and oxygen atoms in total. The van der Waals surface area contributed by atoms with E-state index < -0.39 is 10.0 Å². The molecule has 0 aliphatic carbocycles. The first-order valence-corrected chi connectivity index (χ1v) is 8.73. The number of rotatable bonds is 3. The van der Waals surface area contributed by atoms with Gasteiger partial charge in [-0.3, -0.25) is 4.79 Å². The Morgan fingerprint density at radius 3 is 2.05 bits per heavy atom. The molecule has 122 valence electrons. The zero-order valence-electron chi connectivity index (χ0n) is 13.5. The second-order valence-electron chi connectivity index (χ2n) is 5.82. The molecule has 1 N–H and O–H groups in total. The Morgan fingerprint density at radius 2 is 1.59 bits per heavy atom. The van der Waals surface area contributed by atoms with Gasteiger partial charge in [0.25, 0.3) is 0 Å². The fraction of sp³-hybridized carbons (Fsp3) is 0.533. The lowest BCUT2D eigenvalue weighted by atomic mass is 10.1. The molecule has 7 heteroatoms. The van der Waals surface area contributed by atoms with Gasteiger partial charge in [-0.1, -0.05) is 0 Å². The average Bonchev–Trinajstić information content (AvgIpc) is 2.43. The first kappa shape index (κ1) is 16.9. The number of carbonyl (C=O) groups is 1. The van der Waals surface area contributed by atoms with Crippen LogP contribution in [0.25, 0.3) is 0 Å². The monoisotopic (exact) mass is 325 g/mol. The minimum atomic E-state index is -3.48. The lowest BCUT2D eigenvalue weighted by molar-refractivity contribution is -0.114. The summed E-state index contributed by atoms with van der Waals surface area (Å²) in [7, 11) is -1.50. The molecule has 1 aromatic rings. The molecule has 2 rings (SSSR count). The molecular formula is C15H23N3O3S. The van der Waals surface area contributed by atoms with Gasteiger partial charge in [-0.05, 0) is 44.2 Å². The Hall–Kier alpha value is -1.44. The van der Waals surface area contributed by atoms with E-state index in [0.717, 1.165) is 24.2 Å². The molecule has 1 aromatic carbocycles. The van der Waals surface area contributed by atoms with E-state index in [2.05, 4.69) is 10.2 Å². The summed E-state index contributed by atoms with van der Waals surface area (Å²) in [6.45, 7) is 7.54. The van der Waals surface area contributed by atoms with Crippen LogP contribution in [0.15, 0.2) is 17.0 Å². The predicted molar refractivity (Wildman–Crippen MR) is 86.5 cm³/mol. The third-order valence-corrected chi connectivity index (χ3v) is 5.78. The molecular weight excluding hydrogens is 302 g/mol. The molecule has 0 aromatic heterocycles. The van der Waals surface area contributed by atoms with Crippen LogP contribution in [-0.4, -0.2) is 56.8 Å². The molecule has 1 fully saturated rings. The van der Waals surface area contributed by atoms with Crippen LogP contribution in [0, 0.1) is 13.8 Å². The second kappa shape index (κ2) is 6.36. The summed E-state index contributed by atoms with van der Waals surface area (Å²) in [6, 6.07) is 3.26. The lowest BCUT2D eigenvalue weighted by Crippen LogP contribution is -2.47. The van der Waals surface area contributed by atoms with Crippen LogP contribution in [0.5, 0.6) is 0 Å². The van der Waals surface area contributed by atoms with Crippen molar-refractivity contribution in [2.45, 2.75) is 25.7 Å². The van der Waals surface area contributed by atoms with Crippen LogP contribution in [0.1, 0.15) is 18.1 Å². The normalized spacial score (nSPS) is 17.5. The van der Waals surface area contributed by atoms with E-state index in [4.69, 9.17) is 0 Å². The number of benzene rings is 1. The van der Waals surface area contributed by atoms with Crippen LogP contribution in [0.4, 0.5) is 5.69 Å². The van der Waals surface area contributed by atoms with Crippen molar-refractivity contribution in [1.29, 1.82) is 0 Å². The van der Waals surface area contributed by atoms with Crippen molar-refractivity contribution >= 4 is 21.6 Å². The molecule has 0 bridgehead atoms. The number of nitrogens with zero attached hydrogens (tertiary/aromatic N) is 2. The lowest BCUT2D eigenvalue weighted by Gasteiger charge is -2.31. The summed E-state index contributed by atoms with van der Waals surface area (Å²) in [6.07, 6.45) is 0. The molecule has 1 saturated heterocycles. The van der Waals surface area contributed by atoms with Crippen molar-refractivity contribution in [3.8, 4) is 0 Å². The van der Waals surface area contributed by atoms with Crippen molar-refractivity contribution in [3.63, 3.8) is 0 Å². The summed E-state index contributed by atoms with van der Waals surface area (Å²) < 4.78 is 27.0. The molecule has 0 spiro atoms. The van der Waals surface area contributed by atoms with E-state index in [0.29, 0.717) is 23.7 Å². The molecule has 1 aliphatic heterocycles. The van der Waals surface area contributed by atoms with E-state index in [1.165, 1.54) is 11.2 Å². The van der Waals surface area contributed by atoms with Crippen LogP contribution < -0.4 is 5.32 Å². The highest BCUT2D eigenvalue weighted by Gasteiger charge is 2.28. The third kappa shape index (κ3) is 3.48. The molecule has 1 heterocycles. The maximum absolute atomic E-state index is 12.8. The predicted octanol–water partition coefficient (Wildman–Crippen LogP) is 1.20. The Balaban J connectivity index is 2.34. The Morgan fingerprint density at radius 1 is 1.09 bits per heavy atom. The van der Waals surface area contributed by atoms with Gasteiger partial charge in [-0.25, -0.2) is 8.42 Å². The maximum atomic E-state index is 12.8. The summed E-state index contributed by atoms with van der Waals surface area (Å²) in [4.78, 5) is 13.6. The van der Waals surface area contributed by atoms with Crippen molar-refractivity contribution in [2.24, 2.45) is 0 Å². The Labute approximate surface area is 132 Å². The van der Waals surface area contributed by atoms with E-state index in [9.17, 15) is 13.2 Å². The molecule has 0 unspecified atom stereocenters. The highest BCUT2D eigenvalue weighted by Crippen LogP contribution is 2.27. The standard InChI is InChI=1S/C15H23N3O3S/c1-11-9-14(10-12(2)15(11)16-13(3)19)22(20,21)18-7-5-17(4)6-8-18/h9-10H,5-8H2,1-4H3,(H,16,19). The SMILES string of the molecule is CC(=O)Nc1c(C)cc(S(=O)(=O)N2CCN(C)CC2)cc1C.